The molecule has 3 heterocycles. The van der Waals surface area contributed by atoms with Crippen LogP contribution in [-0.4, -0.2) is 106 Å². The van der Waals surface area contributed by atoms with Crippen LogP contribution in [-0.2, 0) is 29.2 Å². The zero-order valence-electron chi connectivity index (χ0n) is 33.2. The van der Waals surface area contributed by atoms with Gasteiger partial charge in [-0.15, -0.1) is 0 Å². The summed E-state index contributed by atoms with van der Waals surface area (Å²) in [6.07, 6.45) is 5.28. The van der Waals surface area contributed by atoms with Crippen molar-refractivity contribution in [3.63, 3.8) is 0 Å². The van der Waals surface area contributed by atoms with Crippen molar-refractivity contribution in [3.8, 4) is 11.6 Å². The Morgan fingerprint density at radius 2 is 1.82 bits per heavy atom. The van der Waals surface area contributed by atoms with Crippen molar-refractivity contribution >= 4 is 50.8 Å². The number of allylic oxidation sites excluding steroid dienone is 1. The number of aryl methyl sites for hydroxylation is 1. The van der Waals surface area contributed by atoms with Crippen LogP contribution in [0.25, 0.3) is 11.0 Å². The number of nitrogens with one attached hydrogen (secondary N) is 4. The lowest BCUT2D eigenvalue weighted by molar-refractivity contribution is -0.143. The highest BCUT2D eigenvalue weighted by Crippen LogP contribution is 2.47. The number of nitrogens with zero attached hydrogens (tertiary/aromatic N) is 3. The SMILES string of the molecule is COc1ccc2nc(C)c(O[C@@H]3C[C@H]4C(=O)N[C@]5(C(=O)NS(=O)(=O)C6(C)CC6)C[C@H]5/C=C\CCCCC[C@H](NC(=O)C(NC(=O)O)C(C)(C)C)C(=O)N4C3)nc2c1. The summed E-state index contributed by atoms with van der Waals surface area (Å²) in [6.45, 7) is 8.27. The molecular formula is C39H53N7O10S. The minimum absolute atomic E-state index is 0.0325. The third-order valence-corrected chi connectivity index (χ3v) is 13.6. The molecule has 1 unspecified atom stereocenters. The minimum atomic E-state index is -4.03. The van der Waals surface area contributed by atoms with Crippen LogP contribution in [0.2, 0.25) is 0 Å². The van der Waals surface area contributed by atoms with Gasteiger partial charge in [0.05, 0.1) is 29.4 Å². The molecule has 3 fully saturated rings. The van der Waals surface area contributed by atoms with Gasteiger partial charge in [-0.3, -0.25) is 23.9 Å². The molecule has 0 bridgehead atoms. The lowest BCUT2D eigenvalue weighted by atomic mass is 9.86. The van der Waals surface area contributed by atoms with Crippen LogP contribution < -0.4 is 30.1 Å². The highest BCUT2D eigenvalue weighted by Gasteiger charge is 2.63. The van der Waals surface area contributed by atoms with Gasteiger partial charge in [-0.1, -0.05) is 45.8 Å². The number of carbonyl (C=O) groups excluding carboxylic acids is 4. The molecule has 0 spiro atoms. The quantitative estimate of drug-likeness (QED) is 0.230. The summed E-state index contributed by atoms with van der Waals surface area (Å²) < 4.78 is 39.2. The number of amides is 5. The van der Waals surface area contributed by atoms with Gasteiger partial charge in [-0.25, -0.2) is 23.2 Å². The number of carbonyl (C=O) groups is 5. The predicted molar refractivity (Wildman–Crippen MR) is 208 cm³/mol. The molecule has 6 rings (SSSR count). The molecule has 1 aromatic carbocycles. The molecule has 310 valence electrons. The van der Waals surface area contributed by atoms with Crippen LogP contribution in [0, 0.1) is 18.3 Å². The van der Waals surface area contributed by atoms with E-state index in [2.05, 4.69) is 30.6 Å². The monoisotopic (exact) mass is 811 g/mol. The van der Waals surface area contributed by atoms with Gasteiger partial charge in [0.1, 0.15) is 41.2 Å². The van der Waals surface area contributed by atoms with E-state index < -0.39 is 85.6 Å². The molecular weight excluding hydrogens is 759 g/mol. The molecule has 5 N–H and O–H groups in total. The van der Waals surface area contributed by atoms with Crippen molar-refractivity contribution in [2.24, 2.45) is 11.3 Å². The normalized spacial score (nSPS) is 27.3. The highest BCUT2D eigenvalue weighted by atomic mass is 32.2. The van der Waals surface area contributed by atoms with Gasteiger partial charge in [0, 0.05) is 18.4 Å². The molecule has 1 saturated heterocycles. The standard InChI is InChI=1S/C39H53N7O10S/c1-22-33(42-28-18-24(55-6)14-15-26(28)40-22)56-25-19-29-31(47)44-39(35(50)45-57(53,54)38(5)16-17-38)20-23(39)12-10-8-7-9-11-13-27(34(49)46(29)21-25)41-32(48)30(37(2,3)4)43-36(51)52/h10,12,14-15,18,23,25,27,29-30,43H,7-9,11,13,16-17,19-21H2,1-6H3,(H,41,48)(H,44,47)(H,45,50)(H,51,52)/b12-10-/t23-,25-,27+,29+,30?,39-/m1/s1. The van der Waals surface area contributed by atoms with Crippen LogP contribution in [0.15, 0.2) is 30.4 Å². The molecule has 0 radical (unpaired) electrons. The van der Waals surface area contributed by atoms with Crippen molar-refractivity contribution in [1.82, 2.24) is 35.5 Å². The van der Waals surface area contributed by atoms with Crippen molar-refractivity contribution < 1.29 is 47.0 Å². The highest BCUT2D eigenvalue weighted by molar-refractivity contribution is 7.91. The Labute approximate surface area is 332 Å². The Kier molecular flexibility index (Phi) is 11.5. The van der Waals surface area contributed by atoms with Gasteiger partial charge < -0.3 is 35.4 Å². The van der Waals surface area contributed by atoms with E-state index in [4.69, 9.17) is 9.47 Å². The van der Waals surface area contributed by atoms with Crippen LogP contribution in [0.3, 0.4) is 0 Å². The number of fused-ring (bicyclic) bond motifs is 3. The molecule has 2 aromatic rings. The summed E-state index contributed by atoms with van der Waals surface area (Å²) in [5, 5.41) is 17.4. The zero-order valence-corrected chi connectivity index (χ0v) is 34.0. The van der Waals surface area contributed by atoms with E-state index in [-0.39, 0.29) is 31.7 Å². The molecule has 6 atom stereocenters. The fourth-order valence-corrected chi connectivity index (χ4v) is 8.82. The Hall–Kier alpha value is -5.00. The van der Waals surface area contributed by atoms with Crippen molar-refractivity contribution in [2.75, 3.05) is 13.7 Å². The number of benzene rings is 1. The molecule has 1 aromatic heterocycles. The van der Waals surface area contributed by atoms with E-state index in [0.717, 1.165) is 6.42 Å². The second kappa shape index (κ2) is 15.7. The number of hydrogen-bond donors (Lipinski definition) is 5. The summed E-state index contributed by atoms with van der Waals surface area (Å²) in [7, 11) is -2.50. The molecule has 18 heteroatoms. The average molecular weight is 812 g/mol. The summed E-state index contributed by atoms with van der Waals surface area (Å²) in [5.74, 6) is -2.57. The number of hydrogen-bond acceptors (Lipinski definition) is 11. The number of aromatic nitrogens is 2. The summed E-state index contributed by atoms with van der Waals surface area (Å²) >= 11 is 0. The third kappa shape index (κ3) is 8.95. The number of carboxylic acid groups (broad SMARTS) is 1. The Morgan fingerprint density at radius 1 is 1.09 bits per heavy atom. The van der Waals surface area contributed by atoms with Gasteiger partial charge in [0.15, 0.2) is 0 Å². The van der Waals surface area contributed by atoms with Gasteiger partial charge in [0.2, 0.25) is 33.6 Å². The second-order valence-electron chi connectivity index (χ2n) is 17.0. The molecule has 2 aliphatic heterocycles. The number of ether oxygens (including phenoxy) is 2. The van der Waals surface area contributed by atoms with E-state index in [0.29, 0.717) is 54.6 Å². The maximum Gasteiger partial charge on any atom is 0.405 e. The van der Waals surface area contributed by atoms with Gasteiger partial charge >= 0.3 is 6.09 Å². The van der Waals surface area contributed by atoms with Crippen molar-refractivity contribution in [2.45, 2.75) is 127 Å². The van der Waals surface area contributed by atoms with Crippen LogP contribution in [0.1, 0.15) is 91.2 Å². The fourth-order valence-electron chi connectivity index (χ4n) is 7.50. The number of sulfonamides is 1. The van der Waals surface area contributed by atoms with Crippen molar-refractivity contribution in [1.29, 1.82) is 0 Å². The van der Waals surface area contributed by atoms with Crippen LogP contribution in [0.5, 0.6) is 11.6 Å². The topological polar surface area (TPSA) is 235 Å². The van der Waals surface area contributed by atoms with Crippen molar-refractivity contribution in [3.05, 3.63) is 36.0 Å². The summed E-state index contributed by atoms with van der Waals surface area (Å²) in [6, 6.07) is 1.68. The average Bonchev–Trinajstić information content (AvgIpc) is 4.02. The Bertz CT molecular complexity index is 2080. The first kappa shape index (κ1) is 41.6. The predicted octanol–water partition coefficient (Wildman–Crippen LogP) is 2.86. The molecule has 17 nitrogen and oxygen atoms in total. The number of methoxy groups -OCH3 is 1. The molecule has 4 aliphatic rings. The van der Waals surface area contributed by atoms with Crippen LogP contribution >= 0.6 is 0 Å². The zero-order chi connectivity index (χ0) is 41.5. The van der Waals surface area contributed by atoms with E-state index >= 15 is 0 Å². The van der Waals surface area contributed by atoms with E-state index in [1.54, 1.807) is 52.8 Å². The first-order valence-corrected chi connectivity index (χ1v) is 20.9. The minimum Gasteiger partial charge on any atom is -0.497 e. The second-order valence-corrected chi connectivity index (χ2v) is 19.2. The Balaban J connectivity index is 1.33. The van der Waals surface area contributed by atoms with Gasteiger partial charge in [-0.05, 0) is 69.9 Å². The van der Waals surface area contributed by atoms with E-state index in [9.17, 15) is 37.5 Å². The first-order chi connectivity index (χ1) is 26.8. The molecule has 2 saturated carbocycles. The Morgan fingerprint density at radius 3 is 2.49 bits per heavy atom. The lowest BCUT2D eigenvalue weighted by Crippen LogP contribution is -2.60. The molecule has 2 aliphatic carbocycles. The lowest BCUT2D eigenvalue weighted by Gasteiger charge is -2.33. The van der Waals surface area contributed by atoms with Gasteiger partial charge in [0.25, 0.3) is 5.91 Å². The summed E-state index contributed by atoms with van der Waals surface area (Å²) in [5.41, 5.74) is -0.859. The summed E-state index contributed by atoms with van der Waals surface area (Å²) in [4.78, 5) is 79.0. The maximum absolute atomic E-state index is 14.7. The smallest absolute Gasteiger partial charge is 0.405 e. The fraction of sp³-hybridized carbons (Fsp3) is 0.615. The molecule has 57 heavy (non-hydrogen) atoms. The van der Waals surface area contributed by atoms with Crippen LogP contribution in [0.4, 0.5) is 4.79 Å². The third-order valence-electron chi connectivity index (χ3n) is 11.5. The largest absolute Gasteiger partial charge is 0.497 e. The first-order valence-electron chi connectivity index (χ1n) is 19.4. The van der Waals surface area contributed by atoms with E-state index in [1.165, 1.54) is 12.0 Å². The molecule has 5 amide bonds. The number of rotatable bonds is 9. The van der Waals surface area contributed by atoms with Gasteiger partial charge in [-0.2, -0.15) is 0 Å². The maximum atomic E-state index is 14.7. The van der Waals surface area contributed by atoms with E-state index in [1.807, 2.05) is 12.2 Å².